The number of nitrogens with one attached hydrogen (secondary N) is 3. The molecule has 1 aliphatic rings. The van der Waals surface area contributed by atoms with Crippen LogP contribution in [0.15, 0.2) is 60.7 Å². The lowest BCUT2D eigenvalue weighted by atomic mass is 10.0. The predicted molar refractivity (Wildman–Crippen MR) is 124 cm³/mol. The first kappa shape index (κ1) is 20.6. The van der Waals surface area contributed by atoms with E-state index in [1.807, 2.05) is 48.5 Å². The van der Waals surface area contributed by atoms with Crippen molar-refractivity contribution in [1.82, 2.24) is 15.6 Å². The van der Waals surface area contributed by atoms with Crippen molar-refractivity contribution in [3.63, 3.8) is 0 Å². The third kappa shape index (κ3) is 4.27. The van der Waals surface area contributed by atoms with E-state index in [-0.39, 0.29) is 24.8 Å². The fourth-order valence-corrected chi connectivity index (χ4v) is 4.64. The van der Waals surface area contributed by atoms with Gasteiger partial charge in [0.05, 0.1) is 11.4 Å². The van der Waals surface area contributed by atoms with E-state index < -0.39 is 12.1 Å². The third-order valence-electron chi connectivity index (χ3n) is 5.23. The molecular formula is C23H22IN3O3. The lowest BCUT2D eigenvalue weighted by molar-refractivity contribution is -0.128. The van der Waals surface area contributed by atoms with E-state index in [9.17, 15) is 14.7 Å². The van der Waals surface area contributed by atoms with Gasteiger partial charge in [-0.3, -0.25) is 9.59 Å². The number of amides is 2. The summed E-state index contributed by atoms with van der Waals surface area (Å²) >= 11 is 2.33. The van der Waals surface area contributed by atoms with Crippen LogP contribution in [0.3, 0.4) is 0 Å². The van der Waals surface area contributed by atoms with E-state index in [1.165, 1.54) is 0 Å². The van der Waals surface area contributed by atoms with E-state index in [2.05, 4.69) is 50.3 Å². The van der Waals surface area contributed by atoms with Crippen LogP contribution in [0.5, 0.6) is 0 Å². The van der Waals surface area contributed by atoms with Crippen LogP contribution in [0.2, 0.25) is 0 Å². The minimum absolute atomic E-state index is 0.165. The average Bonchev–Trinajstić information content (AvgIpc) is 3.27. The minimum atomic E-state index is -0.890. The highest BCUT2D eigenvalue weighted by Gasteiger charge is 2.34. The number of β-amino-alcohol motifs (C(OH)–C–C–N with tert-alkyl or cyclic N) is 1. The molecule has 2 amide bonds. The number of carbonyl (C=O) groups is 2. The van der Waals surface area contributed by atoms with E-state index in [0.717, 1.165) is 31.6 Å². The number of rotatable bonds is 6. The third-order valence-corrected chi connectivity index (χ3v) is 6.42. The number of hydrogen-bond acceptors (Lipinski definition) is 3. The van der Waals surface area contributed by atoms with Crippen molar-refractivity contribution in [1.29, 1.82) is 0 Å². The molecule has 1 saturated heterocycles. The second-order valence-electron chi connectivity index (χ2n) is 7.26. The Morgan fingerprint density at radius 2 is 1.63 bits per heavy atom. The molecular weight excluding hydrogens is 493 g/mol. The van der Waals surface area contributed by atoms with Gasteiger partial charge in [-0.2, -0.15) is 0 Å². The molecule has 4 rings (SSSR count). The van der Waals surface area contributed by atoms with Crippen LogP contribution in [0, 0.1) is 3.57 Å². The lowest BCUT2D eigenvalue weighted by Gasteiger charge is -2.13. The number of aromatic nitrogens is 1. The molecule has 1 aromatic heterocycles. The highest BCUT2D eigenvalue weighted by atomic mass is 127. The van der Waals surface area contributed by atoms with E-state index >= 15 is 0 Å². The monoisotopic (exact) mass is 515 g/mol. The van der Waals surface area contributed by atoms with Crippen LogP contribution in [0.4, 0.5) is 0 Å². The quantitative estimate of drug-likeness (QED) is 0.381. The Bertz CT molecular complexity index is 1050. The molecule has 154 valence electrons. The molecule has 0 bridgehead atoms. The van der Waals surface area contributed by atoms with Gasteiger partial charge in [0, 0.05) is 16.5 Å². The van der Waals surface area contributed by atoms with Crippen molar-refractivity contribution in [3.8, 4) is 22.5 Å². The number of aliphatic hydroxyl groups excluding tert-OH is 1. The molecule has 1 aliphatic heterocycles. The Kier molecular flexibility index (Phi) is 6.19. The zero-order valence-electron chi connectivity index (χ0n) is 16.2. The highest BCUT2D eigenvalue weighted by Crippen LogP contribution is 2.35. The Labute approximate surface area is 188 Å². The van der Waals surface area contributed by atoms with E-state index in [0.29, 0.717) is 6.42 Å². The van der Waals surface area contributed by atoms with Gasteiger partial charge in [-0.15, -0.1) is 0 Å². The highest BCUT2D eigenvalue weighted by molar-refractivity contribution is 14.1. The summed E-state index contributed by atoms with van der Waals surface area (Å²) in [4.78, 5) is 27.8. The number of halogens is 1. The first-order valence-electron chi connectivity index (χ1n) is 9.81. The molecule has 0 unspecified atom stereocenters. The smallest absolute Gasteiger partial charge is 0.245 e. The van der Waals surface area contributed by atoms with Gasteiger partial charge in [-0.05, 0) is 45.7 Å². The van der Waals surface area contributed by atoms with Crippen LogP contribution in [-0.4, -0.2) is 40.6 Å². The number of hydrogen-bond donors (Lipinski definition) is 4. The molecule has 0 spiro atoms. The maximum absolute atomic E-state index is 12.5. The number of carbonyl (C=O) groups excluding carboxylic acids is 2. The van der Waals surface area contributed by atoms with Crippen molar-refractivity contribution in [2.24, 2.45) is 0 Å². The first-order chi connectivity index (χ1) is 14.5. The summed E-state index contributed by atoms with van der Waals surface area (Å²) in [6.07, 6.45) is -0.154. The number of aliphatic hydroxyl groups is 1. The van der Waals surface area contributed by atoms with Crippen molar-refractivity contribution >= 4 is 34.4 Å². The molecule has 0 radical (unpaired) electrons. The standard InChI is InChI=1S/C23H22IN3O3/c24-19-16(11-12-18(29)26-22-17(28)13-25-23(22)30)20(14-7-3-1-4-8-14)27-21(19)15-9-5-2-6-10-15/h1-10,17,22,27-28H,11-13H2,(H,25,30)(H,26,29)/t17-,22+/m1/s1. The van der Waals surface area contributed by atoms with Crippen molar-refractivity contribution in [2.75, 3.05) is 6.54 Å². The largest absolute Gasteiger partial charge is 0.389 e. The van der Waals surface area contributed by atoms with Gasteiger partial charge in [-0.25, -0.2) is 0 Å². The second-order valence-corrected chi connectivity index (χ2v) is 8.34. The number of H-pyrrole nitrogens is 1. The maximum Gasteiger partial charge on any atom is 0.245 e. The van der Waals surface area contributed by atoms with Gasteiger partial charge >= 0.3 is 0 Å². The van der Waals surface area contributed by atoms with Crippen molar-refractivity contribution in [2.45, 2.75) is 25.0 Å². The number of benzene rings is 2. The Balaban J connectivity index is 1.59. The molecule has 3 aromatic rings. The fourth-order valence-electron chi connectivity index (χ4n) is 3.66. The van der Waals surface area contributed by atoms with Crippen LogP contribution in [-0.2, 0) is 16.0 Å². The van der Waals surface area contributed by atoms with Gasteiger partial charge in [0.1, 0.15) is 12.1 Å². The lowest BCUT2D eigenvalue weighted by Crippen LogP contribution is -2.45. The van der Waals surface area contributed by atoms with Crippen LogP contribution >= 0.6 is 22.6 Å². The molecule has 4 N–H and O–H groups in total. The summed E-state index contributed by atoms with van der Waals surface area (Å²) in [6.45, 7) is 0.165. The van der Waals surface area contributed by atoms with E-state index in [4.69, 9.17) is 0 Å². The van der Waals surface area contributed by atoms with Crippen LogP contribution in [0.1, 0.15) is 12.0 Å². The average molecular weight is 515 g/mol. The predicted octanol–water partition coefficient (Wildman–Crippen LogP) is 2.86. The van der Waals surface area contributed by atoms with Gasteiger partial charge < -0.3 is 20.7 Å². The minimum Gasteiger partial charge on any atom is -0.389 e. The molecule has 0 aliphatic carbocycles. The number of aromatic amines is 1. The van der Waals surface area contributed by atoms with Crippen LogP contribution < -0.4 is 10.6 Å². The Hall–Kier alpha value is -2.65. The molecule has 30 heavy (non-hydrogen) atoms. The summed E-state index contributed by atoms with van der Waals surface area (Å²) in [5.74, 6) is -0.600. The zero-order chi connectivity index (χ0) is 21.1. The molecule has 6 nitrogen and oxygen atoms in total. The molecule has 7 heteroatoms. The summed E-state index contributed by atoms with van der Waals surface area (Å²) in [5.41, 5.74) is 5.22. The normalized spacial score (nSPS) is 18.3. The fraction of sp³-hybridized carbons (Fsp3) is 0.217. The maximum atomic E-state index is 12.5. The van der Waals surface area contributed by atoms with Gasteiger partial charge in [0.2, 0.25) is 11.8 Å². The topological polar surface area (TPSA) is 94.2 Å². The Morgan fingerprint density at radius 1 is 1.03 bits per heavy atom. The molecule has 2 atom stereocenters. The molecule has 0 saturated carbocycles. The Morgan fingerprint density at radius 3 is 2.20 bits per heavy atom. The molecule has 2 heterocycles. The molecule has 2 aromatic carbocycles. The zero-order valence-corrected chi connectivity index (χ0v) is 18.3. The van der Waals surface area contributed by atoms with Crippen LogP contribution in [0.25, 0.3) is 22.5 Å². The van der Waals surface area contributed by atoms with Gasteiger partial charge in [0.25, 0.3) is 0 Å². The van der Waals surface area contributed by atoms with E-state index in [1.54, 1.807) is 0 Å². The summed E-state index contributed by atoms with van der Waals surface area (Å²) in [5, 5.41) is 15.1. The SMILES string of the molecule is O=C(CCc1c(-c2ccccc2)[nH]c(-c2ccccc2)c1I)N[C@@H]1C(=O)NC[C@H]1O. The van der Waals surface area contributed by atoms with Gasteiger partial charge in [0.15, 0.2) is 0 Å². The second kappa shape index (κ2) is 9.01. The van der Waals surface area contributed by atoms with Crippen molar-refractivity contribution < 1.29 is 14.7 Å². The molecule has 1 fully saturated rings. The van der Waals surface area contributed by atoms with Crippen molar-refractivity contribution in [3.05, 3.63) is 69.8 Å². The summed E-state index contributed by atoms with van der Waals surface area (Å²) in [7, 11) is 0. The first-order valence-corrected chi connectivity index (χ1v) is 10.9. The summed E-state index contributed by atoms with van der Waals surface area (Å²) in [6, 6.07) is 19.2. The summed E-state index contributed by atoms with van der Waals surface area (Å²) < 4.78 is 1.07. The van der Waals surface area contributed by atoms with Gasteiger partial charge in [-0.1, -0.05) is 60.7 Å².